The van der Waals surface area contributed by atoms with Gasteiger partial charge in [-0.2, -0.15) is 15.0 Å². The highest BCUT2D eigenvalue weighted by atomic mass is 35.5. The molecule has 1 saturated heterocycles. The number of piperazine rings is 1. The van der Waals surface area contributed by atoms with E-state index in [0.717, 1.165) is 0 Å². The Morgan fingerprint density at radius 1 is 1.32 bits per heavy atom. The topological polar surface area (TPSA) is 100 Å². The van der Waals surface area contributed by atoms with E-state index in [2.05, 4.69) is 25.6 Å². The SMILES string of the molecule is CNc1nc(Cl)nc(N2CC(=O)NC(=O)C2(C)C)n1. The Labute approximate surface area is 114 Å². The lowest BCUT2D eigenvalue weighted by atomic mass is 9.99. The first-order chi connectivity index (χ1) is 8.84. The van der Waals surface area contributed by atoms with Gasteiger partial charge in [-0.1, -0.05) is 0 Å². The van der Waals surface area contributed by atoms with Crippen LogP contribution in [0.5, 0.6) is 0 Å². The third-order valence-corrected chi connectivity index (χ3v) is 3.02. The van der Waals surface area contributed by atoms with Crippen molar-refractivity contribution in [3.8, 4) is 0 Å². The maximum atomic E-state index is 11.9. The fourth-order valence-corrected chi connectivity index (χ4v) is 1.83. The fraction of sp³-hybridized carbons (Fsp3) is 0.500. The van der Waals surface area contributed by atoms with Crippen LogP contribution in [0.1, 0.15) is 13.8 Å². The van der Waals surface area contributed by atoms with Crippen LogP contribution in [0.25, 0.3) is 0 Å². The van der Waals surface area contributed by atoms with E-state index in [4.69, 9.17) is 11.6 Å². The van der Waals surface area contributed by atoms with Crippen molar-refractivity contribution >= 4 is 35.3 Å². The number of hydrogen-bond acceptors (Lipinski definition) is 7. The smallest absolute Gasteiger partial charge is 0.252 e. The van der Waals surface area contributed by atoms with E-state index in [-0.39, 0.29) is 23.7 Å². The first-order valence-electron chi connectivity index (χ1n) is 5.56. The van der Waals surface area contributed by atoms with Crippen LogP contribution in [0.2, 0.25) is 5.28 Å². The standard InChI is InChI=1S/C10H13ClN6O2/c1-10(2)6(19)13-5(18)4-17(10)9-15-7(11)14-8(12-3)16-9/h4H2,1-3H3,(H,13,18,19)(H,12,14,15,16). The molecule has 2 heterocycles. The monoisotopic (exact) mass is 284 g/mol. The third-order valence-electron chi connectivity index (χ3n) is 2.85. The van der Waals surface area contributed by atoms with Gasteiger partial charge in [-0.15, -0.1) is 0 Å². The van der Waals surface area contributed by atoms with E-state index in [0.29, 0.717) is 0 Å². The number of nitrogens with zero attached hydrogens (tertiary/aromatic N) is 4. The second kappa shape index (κ2) is 4.61. The zero-order chi connectivity index (χ0) is 14.2. The summed E-state index contributed by atoms with van der Waals surface area (Å²) in [4.78, 5) is 36.8. The summed E-state index contributed by atoms with van der Waals surface area (Å²) < 4.78 is 0. The molecule has 0 aliphatic carbocycles. The van der Waals surface area contributed by atoms with Crippen molar-refractivity contribution in [3.63, 3.8) is 0 Å². The van der Waals surface area contributed by atoms with Gasteiger partial charge in [0.15, 0.2) is 0 Å². The molecule has 102 valence electrons. The summed E-state index contributed by atoms with van der Waals surface area (Å²) in [6, 6.07) is 0. The lowest BCUT2D eigenvalue weighted by molar-refractivity contribution is -0.135. The van der Waals surface area contributed by atoms with Crippen LogP contribution in [0, 0.1) is 0 Å². The number of carbonyl (C=O) groups excluding carboxylic acids is 2. The van der Waals surface area contributed by atoms with Crippen LogP contribution in [0.15, 0.2) is 0 Å². The Morgan fingerprint density at radius 2 is 2.00 bits per heavy atom. The van der Waals surface area contributed by atoms with Gasteiger partial charge in [-0.3, -0.25) is 14.9 Å². The zero-order valence-electron chi connectivity index (χ0n) is 10.7. The van der Waals surface area contributed by atoms with Gasteiger partial charge in [0.1, 0.15) is 12.1 Å². The number of halogens is 1. The largest absolute Gasteiger partial charge is 0.357 e. The number of amides is 2. The van der Waals surface area contributed by atoms with E-state index in [9.17, 15) is 9.59 Å². The summed E-state index contributed by atoms with van der Waals surface area (Å²) in [5.41, 5.74) is -0.955. The number of hydrogen-bond donors (Lipinski definition) is 2. The fourth-order valence-electron chi connectivity index (χ4n) is 1.68. The average Bonchev–Trinajstić information content (AvgIpc) is 2.33. The zero-order valence-corrected chi connectivity index (χ0v) is 11.4. The Bertz CT molecular complexity index is 547. The van der Waals surface area contributed by atoms with Crippen molar-refractivity contribution in [1.29, 1.82) is 0 Å². The lowest BCUT2D eigenvalue weighted by Crippen LogP contribution is -2.64. The van der Waals surface area contributed by atoms with Crippen molar-refractivity contribution in [3.05, 3.63) is 5.28 Å². The molecular formula is C10H13ClN6O2. The van der Waals surface area contributed by atoms with E-state index < -0.39 is 17.4 Å². The molecule has 1 aliphatic rings. The van der Waals surface area contributed by atoms with Crippen LogP contribution in [-0.4, -0.2) is 45.9 Å². The van der Waals surface area contributed by atoms with Crippen molar-refractivity contribution in [2.24, 2.45) is 0 Å². The normalized spacial score (nSPS) is 18.2. The number of imide groups is 1. The van der Waals surface area contributed by atoms with Gasteiger partial charge in [0.25, 0.3) is 5.91 Å². The molecule has 0 radical (unpaired) electrons. The molecule has 1 aromatic heterocycles. The maximum Gasteiger partial charge on any atom is 0.252 e. The van der Waals surface area contributed by atoms with Crippen molar-refractivity contribution in [2.45, 2.75) is 19.4 Å². The minimum Gasteiger partial charge on any atom is -0.357 e. The van der Waals surface area contributed by atoms with Crippen molar-refractivity contribution in [1.82, 2.24) is 20.3 Å². The van der Waals surface area contributed by atoms with Crippen LogP contribution < -0.4 is 15.5 Å². The molecule has 2 rings (SSSR count). The first kappa shape index (κ1) is 13.5. The molecule has 0 unspecified atom stereocenters. The highest BCUT2D eigenvalue weighted by Gasteiger charge is 2.42. The first-order valence-corrected chi connectivity index (χ1v) is 5.93. The molecule has 0 aromatic carbocycles. The predicted molar refractivity (Wildman–Crippen MR) is 69.0 cm³/mol. The highest BCUT2D eigenvalue weighted by Crippen LogP contribution is 2.24. The molecule has 8 nitrogen and oxygen atoms in total. The van der Waals surface area contributed by atoms with Gasteiger partial charge in [0, 0.05) is 7.05 Å². The molecule has 1 aliphatic heterocycles. The summed E-state index contributed by atoms with van der Waals surface area (Å²) >= 11 is 5.80. The molecule has 0 saturated carbocycles. The number of anilines is 2. The molecular weight excluding hydrogens is 272 g/mol. The Morgan fingerprint density at radius 3 is 2.63 bits per heavy atom. The molecule has 2 amide bonds. The Balaban J connectivity index is 2.46. The summed E-state index contributed by atoms with van der Waals surface area (Å²) in [6.45, 7) is 3.32. The molecule has 0 atom stereocenters. The van der Waals surface area contributed by atoms with E-state index in [1.54, 1.807) is 20.9 Å². The van der Waals surface area contributed by atoms with Crippen LogP contribution in [-0.2, 0) is 9.59 Å². The highest BCUT2D eigenvalue weighted by molar-refractivity contribution is 6.28. The lowest BCUT2D eigenvalue weighted by Gasteiger charge is -2.39. The van der Waals surface area contributed by atoms with Gasteiger partial charge < -0.3 is 10.2 Å². The minimum absolute atomic E-state index is 0.0106. The summed E-state index contributed by atoms with van der Waals surface area (Å²) in [7, 11) is 1.63. The van der Waals surface area contributed by atoms with Crippen molar-refractivity contribution < 1.29 is 9.59 Å². The summed E-state index contributed by atoms with van der Waals surface area (Å²) in [5, 5.41) is 5.00. The quantitative estimate of drug-likeness (QED) is 0.726. The number of nitrogens with one attached hydrogen (secondary N) is 2. The van der Waals surface area contributed by atoms with Crippen LogP contribution in [0.4, 0.5) is 11.9 Å². The number of rotatable bonds is 2. The van der Waals surface area contributed by atoms with Gasteiger partial charge in [-0.05, 0) is 25.4 Å². The Hall–Kier alpha value is -1.96. The summed E-state index contributed by atoms with van der Waals surface area (Å²) in [6.07, 6.45) is 0. The molecule has 0 bridgehead atoms. The summed E-state index contributed by atoms with van der Waals surface area (Å²) in [5.74, 6) is -0.375. The van der Waals surface area contributed by atoms with Gasteiger partial charge in [-0.25, -0.2) is 0 Å². The average molecular weight is 285 g/mol. The van der Waals surface area contributed by atoms with Crippen molar-refractivity contribution in [2.75, 3.05) is 23.8 Å². The van der Waals surface area contributed by atoms with Gasteiger partial charge in [0.2, 0.25) is 23.1 Å². The molecule has 2 N–H and O–H groups in total. The predicted octanol–water partition coefficient (Wildman–Crippen LogP) is -0.192. The molecule has 19 heavy (non-hydrogen) atoms. The molecule has 1 fully saturated rings. The minimum atomic E-state index is -0.955. The number of carbonyl (C=O) groups is 2. The second-order valence-electron chi connectivity index (χ2n) is 4.50. The third kappa shape index (κ3) is 2.43. The van der Waals surface area contributed by atoms with E-state index >= 15 is 0 Å². The molecule has 9 heteroatoms. The van der Waals surface area contributed by atoms with E-state index in [1.807, 2.05) is 0 Å². The van der Waals surface area contributed by atoms with Crippen LogP contribution >= 0.6 is 11.6 Å². The molecule has 1 aromatic rings. The molecule has 0 spiro atoms. The van der Waals surface area contributed by atoms with Gasteiger partial charge in [0.05, 0.1) is 0 Å². The second-order valence-corrected chi connectivity index (χ2v) is 4.84. The van der Waals surface area contributed by atoms with Gasteiger partial charge >= 0.3 is 0 Å². The maximum absolute atomic E-state index is 11.9. The number of aromatic nitrogens is 3. The Kier molecular flexibility index (Phi) is 3.27. The van der Waals surface area contributed by atoms with Crippen LogP contribution in [0.3, 0.4) is 0 Å². The van der Waals surface area contributed by atoms with E-state index in [1.165, 1.54) is 4.90 Å².